The topological polar surface area (TPSA) is 153 Å². The van der Waals surface area contributed by atoms with Crippen LogP contribution in [0.1, 0.15) is 23.3 Å². The van der Waals surface area contributed by atoms with Crippen LogP contribution in [0.3, 0.4) is 0 Å². The number of hydrogen-bond donors (Lipinski definition) is 5. The maximum Gasteiger partial charge on any atom is 0.273 e. The van der Waals surface area contributed by atoms with Crippen LogP contribution in [0.25, 0.3) is 0 Å². The molecule has 2 aromatic rings. The number of ether oxygens (including phenoxy) is 1. The SMILES string of the molecule is CNC(=O)c1nnc(NC(=O)C2CC2)cc1Nc1cccc2c1OC=C1N=C(CO)NN12. The van der Waals surface area contributed by atoms with Crippen LogP contribution in [-0.2, 0) is 4.79 Å². The zero-order valence-corrected chi connectivity index (χ0v) is 17.0. The van der Waals surface area contributed by atoms with Gasteiger partial charge in [0.15, 0.2) is 23.1 Å². The predicted octanol–water partition coefficient (Wildman–Crippen LogP) is 0.835. The molecule has 1 aromatic heterocycles. The first kappa shape index (κ1) is 19.8. The van der Waals surface area contributed by atoms with Crippen molar-refractivity contribution in [2.45, 2.75) is 12.8 Å². The number of anilines is 4. The van der Waals surface area contributed by atoms with E-state index in [2.05, 4.69) is 36.6 Å². The summed E-state index contributed by atoms with van der Waals surface area (Å²) < 4.78 is 5.79. The number of nitrogens with one attached hydrogen (secondary N) is 4. The summed E-state index contributed by atoms with van der Waals surface area (Å²) in [6.45, 7) is -0.241. The monoisotopic (exact) mass is 436 g/mol. The second-order valence-corrected chi connectivity index (χ2v) is 7.37. The molecule has 1 saturated carbocycles. The smallest absolute Gasteiger partial charge is 0.273 e. The number of aliphatic hydroxyl groups is 1. The zero-order valence-electron chi connectivity index (χ0n) is 17.0. The Morgan fingerprint density at radius 3 is 2.88 bits per heavy atom. The van der Waals surface area contributed by atoms with Crippen LogP contribution >= 0.6 is 0 Å². The first-order chi connectivity index (χ1) is 15.6. The van der Waals surface area contributed by atoms with Crippen molar-refractivity contribution in [1.29, 1.82) is 0 Å². The van der Waals surface area contributed by atoms with E-state index >= 15 is 0 Å². The molecule has 3 aliphatic rings. The van der Waals surface area contributed by atoms with Crippen molar-refractivity contribution in [2.75, 3.05) is 29.3 Å². The van der Waals surface area contributed by atoms with E-state index in [1.807, 2.05) is 6.07 Å². The molecular formula is C20H20N8O4. The van der Waals surface area contributed by atoms with Gasteiger partial charge >= 0.3 is 0 Å². The molecule has 0 saturated heterocycles. The first-order valence-electron chi connectivity index (χ1n) is 10.00. The lowest BCUT2D eigenvalue weighted by molar-refractivity contribution is -0.117. The molecule has 12 heteroatoms. The van der Waals surface area contributed by atoms with Gasteiger partial charge in [-0.05, 0) is 25.0 Å². The molecule has 5 N–H and O–H groups in total. The number of nitrogens with zero attached hydrogens (tertiary/aromatic N) is 4. The molecule has 0 spiro atoms. The van der Waals surface area contributed by atoms with Crippen molar-refractivity contribution in [3.8, 4) is 5.75 Å². The maximum absolute atomic E-state index is 12.3. The molecule has 32 heavy (non-hydrogen) atoms. The number of amidine groups is 1. The van der Waals surface area contributed by atoms with Gasteiger partial charge in [0.2, 0.25) is 5.91 Å². The summed E-state index contributed by atoms with van der Waals surface area (Å²) >= 11 is 0. The number of hydrogen-bond acceptors (Lipinski definition) is 10. The fraction of sp³-hybridized carbons (Fsp3) is 0.250. The number of para-hydroxylation sites is 1. The highest BCUT2D eigenvalue weighted by molar-refractivity contribution is 6.00. The lowest BCUT2D eigenvalue weighted by Gasteiger charge is -2.27. The third-order valence-electron chi connectivity index (χ3n) is 5.09. The van der Waals surface area contributed by atoms with Gasteiger partial charge in [-0.15, -0.1) is 10.2 Å². The number of fused-ring (bicyclic) bond motifs is 3. The Bertz CT molecular complexity index is 1170. The molecule has 0 unspecified atom stereocenters. The van der Waals surface area contributed by atoms with Crippen molar-refractivity contribution >= 4 is 40.5 Å². The summed E-state index contributed by atoms with van der Waals surface area (Å²) in [7, 11) is 1.49. The van der Waals surface area contributed by atoms with Crippen molar-refractivity contribution in [3.63, 3.8) is 0 Å². The Hall–Kier alpha value is -4.19. The number of aromatic nitrogens is 2. The number of carbonyl (C=O) groups excluding carboxylic acids is 2. The third kappa shape index (κ3) is 3.56. The van der Waals surface area contributed by atoms with Crippen molar-refractivity contribution in [1.82, 2.24) is 20.9 Å². The molecule has 1 aromatic carbocycles. The van der Waals surface area contributed by atoms with Crippen molar-refractivity contribution in [3.05, 3.63) is 42.0 Å². The normalized spacial score (nSPS) is 16.0. The molecule has 0 radical (unpaired) electrons. The highest BCUT2D eigenvalue weighted by atomic mass is 16.5. The van der Waals surface area contributed by atoms with E-state index in [9.17, 15) is 14.7 Å². The molecule has 2 amide bonds. The largest absolute Gasteiger partial charge is 0.457 e. The summed E-state index contributed by atoms with van der Waals surface area (Å²) in [5.41, 5.74) is 4.62. The number of aliphatic imine (C=N–C) groups is 1. The fourth-order valence-electron chi connectivity index (χ4n) is 3.32. The highest BCUT2D eigenvalue weighted by Gasteiger charge is 2.31. The fourth-order valence-corrected chi connectivity index (χ4v) is 3.32. The Balaban J connectivity index is 1.47. The van der Waals surface area contributed by atoms with Crippen LogP contribution in [0, 0.1) is 5.92 Å². The number of hydrazine groups is 1. The molecule has 0 bridgehead atoms. The van der Waals surface area contributed by atoms with Crippen LogP contribution in [0.4, 0.5) is 22.9 Å². The van der Waals surface area contributed by atoms with E-state index in [0.717, 1.165) is 12.8 Å². The van der Waals surface area contributed by atoms with E-state index < -0.39 is 5.91 Å². The zero-order chi connectivity index (χ0) is 22.2. The summed E-state index contributed by atoms with van der Waals surface area (Å²) in [5, 5.41) is 27.5. The molecule has 3 heterocycles. The van der Waals surface area contributed by atoms with Crippen LogP contribution < -0.4 is 31.1 Å². The van der Waals surface area contributed by atoms with E-state index in [1.165, 1.54) is 13.3 Å². The predicted molar refractivity (Wildman–Crippen MR) is 115 cm³/mol. The van der Waals surface area contributed by atoms with Gasteiger partial charge < -0.3 is 25.8 Å². The van der Waals surface area contributed by atoms with Crippen LogP contribution in [0.2, 0.25) is 0 Å². The molecular weight excluding hydrogens is 416 g/mol. The van der Waals surface area contributed by atoms with E-state index in [0.29, 0.717) is 34.5 Å². The van der Waals surface area contributed by atoms with Gasteiger partial charge in [-0.3, -0.25) is 15.0 Å². The van der Waals surface area contributed by atoms with Crippen LogP contribution in [0.15, 0.2) is 41.3 Å². The maximum atomic E-state index is 12.3. The van der Waals surface area contributed by atoms with Crippen LogP contribution in [0.5, 0.6) is 5.75 Å². The molecule has 1 fully saturated rings. The number of rotatable bonds is 6. The molecule has 0 atom stereocenters. The Kier molecular flexibility index (Phi) is 4.82. The Morgan fingerprint density at radius 1 is 1.28 bits per heavy atom. The Labute approximate surface area is 182 Å². The summed E-state index contributed by atoms with van der Waals surface area (Å²) in [4.78, 5) is 28.7. The Morgan fingerprint density at radius 2 is 2.12 bits per heavy atom. The van der Waals surface area contributed by atoms with Gasteiger partial charge in [0, 0.05) is 19.0 Å². The summed E-state index contributed by atoms with van der Waals surface area (Å²) in [6, 6.07) is 6.96. The number of carbonyl (C=O) groups is 2. The minimum absolute atomic E-state index is 0.00124. The van der Waals surface area contributed by atoms with Gasteiger partial charge in [-0.25, -0.2) is 10.0 Å². The first-order valence-corrected chi connectivity index (χ1v) is 10.00. The minimum atomic E-state index is -0.435. The standard InChI is InChI=1S/C20H20N8O4/c1-21-20(31)17-12(7-14(25-26-17)24-19(30)10-5-6-10)22-11-3-2-4-13-18(11)32-9-16-23-15(8-29)27-28(13)16/h2-4,7,9-10,29H,5-6,8H2,1H3,(H,21,31)(H,23,27)(H2,22,24,25,30). The lowest BCUT2D eigenvalue weighted by Crippen LogP contribution is -2.38. The van der Waals surface area contributed by atoms with E-state index in [-0.39, 0.29) is 29.9 Å². The number of aliphatic hydroxyl groups excluding tert-OH is 1. The summed E-state index contributed by atoms with van der Waals surface area (Å²) in [5.74, 6) is 1.06. The van der Waals surface area contributed by atoms with Gasteiger partial charge in [0.25, 0.3) is 5.91 Å². The van der Waals surface area contributed by atoms with Crippen molar-refractivity contribution < 1.29 is 19.4 Å². The highest BCUT2D eigenvalue weighted by Crippen LogP contribution is 2.42. The second kappa shape index (κ2) is 7.81. The molecule has 164 valence electrons. The van der Waals surface area contributed by atoms with E-state index in [4.69, 9.17) is 4.74 Å². The van der Waals surface area contributed by atoms with Crippen molar-refractivity contribution in [2.24, 2.45) is 10.9 Å². The summed E-state index contributed by atoms with van der Waals surface area (Å²) in [6.07, 6.45) is 3.17. The molecule has 1 aliphatic carbocycles. The quantitative estimate of drug-likeness (QED) is 0.443. The van der Waals surface area contributed by atoms with Gasteiger partial charge in [0.1, 0.15) is 24.4 Å². The number of benzene rings is 1. The average molecular weight is 436 g/mol. The van der Waals surface area contributed by atoms with Gasteiger partial charge in [-0.1, -0.05) is 6.07 Å². The molecule has 2 aliphatic heterocycles. The average Bonchev–Trinajstić information content (AvgIpc) is 3.57. The van der Waals surface area contributed by atoms with Gasteiger partial charge in [-0.2, -0.15) is 0 Å². The van der Waals surface area contributed by atoms with Gasteiger partial charge in [0.05, 0.1) is 11.4 Å². The lowest BCUT2D eigenvalue weighted by atomic mass is 10.2. The minimum Gasteiger partial charge on any atom is -0.457 e. The third-order valence-corrected chi connectivity index (χ3v) is 5.09. The number of amides is 2. The van der Waals surface area contributed by atoms with E-state index in [1.54, 1.807) is 23.2 Å². The van der Waals surface area contributed by atoms with Crippen LogP contribution in [-0.4, -0.2) is 46.6 Å². The molecule has 12 nitrogen and oxygen atoms in total. The second-order valence-electron chi connectivity index (χ2n) is 7.37. The molecule has 5 rings (SSSR count).